The van der Waals surface area contributed by atoms with Crippen LogP contribution in [-0.4, -0.2) is 43.9 Å². The highest BCUT2D eigenvalue weighted by Gasteiger charge is 2.21. The minimum absolute atomic E-state index is 0.311. The number of rotatable bonds is 9. The second-order valence-corrected chi connectivity index (χ2v) is 8.30. The number of imide groups is 1. The first-order chi connectivity index (χ1) is 13.4. The summed E-state index contributed by atoms with van der Waals surface area (Å²) in [6.45, 7) is 8.35. The molecule has 0 aliphatic rings. The predicted molar refractivity (Wildman–Crippen MR) is 109 cm³/mol. The first-order valence-corrected chi connectivity index (χ1v) is 10.4. The zero-order valence-corrected chi connectivity index (χ0v) is 17.6. The Labute approximate surface area is 169 Å². The lowest BCUT2D eigenvalue weighted by Crippen LogP contribution is -2.43. The van der Waals surface area contributed by atoms with E-state index >= 15 is 0 Å². The minimum Gasteiger partial charge on any atom is -0.338 e. The number of carbonyl (C=O) groups is 2. The maximum atomic E-state index is 12.2. The molecule has 0 aliphatic heterocycles. The summed E-state index contributed by atoms with van der Waals surface area (Å²) in [4.78, 5) is 24.0. The smallest absolute Gasteiger partial charge is 0.321 e. The summed E-state index contributed by atoms with van der Waals surface area (Å²) in [6.07, 6.45) is 3.36. The number of carbonyl (C=O) groups excluding carboxylic acids is 2. The summed E-state index contributed by atoms with van der Waals surface area (Å²) in [5.74, 6) is -0.0821. The van der Waals surface area contributed by atoms with Crippen molar-refractivity contribution in [2.75, 3.05) is 6.54 Å². The average molecular weight is 405 g/mol. The second kappa shape index (κ2) is 10.8. The number of urea groups is 1. The maximum absolute atomic E-state index is 12.2. The molecule has 9 heteroatoms. The monoisotopic (exact) mass is 404 g/mol. The first kappa shape index (κ1) is 21.9. The zero-order chi connectivity index (χ0) is 20.5. The average Bonchev–Trinajstić information content (AvgIpc) is 3.13. The van der Waals surface area contributed by atoms with E-state index in [9.17, 15) is 9.59 Å². The molecule has 0 fully saturated rings. The molecule has 0 spiro atoms. The molecule has 0 bridgehead atoms. The normalized spacial score (nSPS) is 12.0. The van der Waals surface area contributed by atoms with Crippen LogP contribution >= 0.6 is 11.8 Å². The summed E-state index contributed by atoms with van der Waals surface area (Å²) in [5.41, 5.74) is 2.10. The quantitative estimate of drug-likeness (QED) is 0.623. The Morgan fingerprint density at radius 2 is 1.89 bits per heavy atom. The summed E-state index contributed by atoms with van der Waals surface area (Å²) in [6, 6.07) is 7.57. The third-order valence-electron chi connectivity index (χ3n) is 4.00. The van der Waals surface area contributed by atoms with Gasteiger partial charge in [0, 0.05) is 6.54 Å². The highest BCUT2D eigenvalue weighted by Crippen LogP contribution is 2.23. The standard InChI is InChI=1S/C19H28N6O2S/c1-5-6-7-15-8-10-16(11-9-15)25-19(22-23-24-25)28-14(4)17(26)21-18(27)20-12-13(2)3/h8-11,13-14H,5-7,12H2,1-4H3,(H2,20,21,26,27). The van der Waals surface area contributed by atoms with Crippen LogP contribution < -0.4 is 10.6 Å². The Kier molecular flexibility index (Phi) is 8.43. The number of amides is 3. The van der Waals surface area contributed by atoms with Gasteiger partial charge in [-0.1, -0.05) is 51.1 Å². The maximum Gasteiger partial charge on any atom is 0.321 e. The van der Waals surface area contributed by atoms with Gasteiger partial charge in [-0.05, 0) is 53.8 Å². The number of unbranched alkanes of at least 4 members (excludes halogenated alkanes) is 1. The molecule has 0 aliphatic carbocycles. The number of hydrogen-bond acceptors (Lipinski definition) is 6. The van der Waals surface area contributed by atoms with Crippen molar-refractivity contribution in [3.05, 3.63) is 29.8 Å². The minimum atomic E-state index is -0.529. The zero-order valence-electron chi connectivity index (χ0n) is 16.8. The Hall–Kier alpha value is -2.42. The number of tetrazole rings is 1. The van der Waals surface area contributed by atoms with Crippen molar-refractivity contribution in [3.8, 4) is 5.69 Å². The lowest BCUT2D eigenvalue weighted by Gasteiger charge is -2.12. The summed E-state index contributed by atoms with van der Waals surface area (Å²) < 4.78 is 1.59. The van der Waals surface area contributed by atoms with Crippen LogP contribution in [0.25, 0.3) is 5.69 Å². The van der Waals surface area contributed by atoms with E-state index in [-0.39, 0.29) is 0 Å². The van der Waals surface area contributed by atoms with E-state index in [0.717, 1.165) is 24.9 Å². The van der Waals surface area contributed by atoms with E-state index in [1.54, 1.807) is 11.6 Å². The number of aromatic nitrogens is 4. The van der Waals surface area contributed by atoms with Crippen molar-refractivity contribution >= 4 is 23.7 Å². The van der Waals surface area contributed by atoms with E-state index in [1.165, 1.54) is 17.3 Å². The van der Waals surface area contributed by atoms with Crippen LogP contribution in [0.3, 0.4) is 0 Å². The van der Waals surface area contributed by atoms with Crippen molar-refractivity contribution in [2.24, 2.45) is 5.92 Å². The molecule has 0 radical (unpaired) electrons. The third kappa shape index (κ3) is 6.63. The molecule has 8 nitrogen and oxygen atoms in total. The van der Waals surface area contributed by atoms with Crippen LogP contribution in [0.1, 0.15) is 46.1 Å². The number of nitrogens with zero attached hydrogens (tertiary/aromatic N) is 4. The fraction of sp³-hybridized carbons (Fsp3) is 0.526. The molecule has 1 aromatic heterocycles. The second-order valence-electron chi connectivity index (χ2n) is 7.00. The number of benzene rings is 1. The van der Waals surface area contributed by atoms with E-state index < -0.39 is 17.2 Å². The van der Waals surface area contributed by atoms with E-state index in [0.29, 0.717) is 17.6 Å². The number of aryl methyl sites for hydroxylation is 1. The van der Waals surface area contributed by atoms with E-state index in [2.05, 4.69) is 45.2 Å². The van der Waals surface area contributed by atoms with Gasteiger partial charge in [-0.25, -0.2) is 4.79 Å². The van der Waals surface area contributed by atoms with Gasteiger partial charge in [0.15, 0.2) is 0 Å². The lowest BCUT2D eigenvalue weighted by molar-refractivity contribution is -0.119. The van der Waals surface area contributed by atoms with Crippen LogP contribution in [0.2, 0.25) is 0 Å². The van der Waals surface area contributed by atoms with Crippen LogP contribution in [0.4, 0.5) is 4.79 Å². The highest BCUT2D eigenvalue weighted by atomic mass is 32.2. The molecule has 2 rings (SSSR count). The molecule has 1 aromatic carbocycles. The SMILES string of the molecule is CCCCc1ccc(-n2nnnc2SC(C)C(=O)NC(=O)NCC(C)C)cc1. The van der Waals surface area contributed by atoms with Crippen LogP contribution in [0, 0.1) is 5.92 Å². The van der Waals surface area contributed by atoms with E-state index in [1.807, 2.05) is 26.0 Å². The topological polar surface area (TPSA) is 102 Å². The third-order valence-corrected chi connectivity index (χ3v) is 5.03. The van der Waals surface area contributed by atoms with Crippen molar-refractivity contribution in [3.63, 3.8) is 0 Å². The fourth-order valence-corrected chi connectivity index (χ4v) is 3.17. The van der Waals surface area contributed by atoms with Crippen LogP contribution in [0.5, 0.6) is 0 Å². The Bertz CT molecular complexity index is 775. The van der Waals surface area contributed by atoms with Crippen LogP contribution in [0.15, 0.2) is 29.4 Å². The lowest BCUT2D eigenvalue weighted by atomic mass is 10.1. The van der Waals surface area contributed by atoms with Gasteiger partial charge < -0.3 is 5.32 Å². The molecule has 0 saturated carbocycles. The van der Waals surface area contributed by atoms with Crippen molar-refractivity contribution in [1.29, 1.82) is 0 Å². The van der Waals surface area contributed by atoms with Gasteiger partial charge >= 0.3 is 6.03 Å². The first-order valence-electron chi connectivity index (χ1n) is 9.53. The van der Waals surface area contributed by atoms with Gasteiger partial charge in [0.05, 0.1) is 10.9 Å². The molecule has 2 aromatic rings. The predicted octanol–water partition coefficient (Wildman–Crippen LogP) is 2.97. The molecule has 28 heavy (non-hydrogen) atoms. The van der Waals surface area contributed by atoms with Gasteiger partial charge in [0.25, 0.3) is 0 Å². The molecule has 1 heterocycles. The van der Waals surface area contributed by atoms with Gasteiger partial charge in [0.1, 0.15) is 0 Å². The molecular weight excluding hydrogens is 376 g/mol. The molecule has 152 valence electrons. The number of nitrogens with one attached hydrogen (secondary N) is 2. The molecular formula is C19H28N6O2S. The highest BCUT2D eigenvalue weighted by molar-refractivity contribution is 8.00. The van der Waals surface area contributed by atoms with Gasteiger partial charge in [-0.15, -0.1) is 5.10 Å². The summed E-state index contributed by atoms with van der Waals surface area (Å²) in [5, 5.41) is 16.7. The fourth-order valence-electron chi connectivity index (χ4n) is 2.37. The van der Waals surface area contributed by atoms with Crippen LogP contribution in [-0.2, 0) is 11.2 Å². The van der Waals surface area contributed by atoms with Crippen molar-refractivity contribution in [1.82, 2.24) is 30.8 Å². The number of hydrogen-bond donors (Lipinski definition) is 2. The summed E-state index contributed by atoms with van der Waals surface area (Å²) in [7, 11) is 0. The van der Waals surface area contributed by atoms with Crippen molar-refractivity contribution in [2.45, 2.75) is 57.4 Å². The Morgan fingerprint density at radius 1 is 1.18 bits per heavy atom. The van der Waals surface area contributed by atoms with E-state index in [4.69, 9.17) is 0 Å². The Balaban J connectivity index is 1.97. The molecule has 1 atom stereocenters. The summed E-state index contributed by atoms with van der Waals surface area (Å²) >= 11 is 1.20. The van der Waals surface area contributed by atoms with Crippen molar-refractivity contribution < 1.29 is 9.59 Å². The van der Waals surface area contributed by atoms with Gasteiger partial charge in [-0.2, -0.15) is 4.68 Å². The largest absolute Gasteiger partial charge is 0.338 e. The Morgan fingerprint density at radius 3 is 2.54 bits per heavy atom. The molecule has 0 saturated heterocycles. The van der Waals surface area contributed by atoms with Gasteiger partial charge in [-0.3, -0.25) is 10.1 Å². The molecule has 2 N–H and O–H groups in total. The molecule has 3 amide bonds. The van der Waals surface area contributed by atoms with Gasteiger partial charge in [0.2, 0.25) is 11.1 Å². The number of thioether (sulfide) groups is 1. The molecule has 1 unspecified atom stereocenters.